The van der Waals surface area contributed by atoms with Gasteiger partial charge in [0.15, 0.2) is 0 Å². The lowest BCUT2D eigenvalue weighted by Gasteiger charge is -2.30. The summed E-state index contributed by atoms with van der Waals surface area (Å²) >= 11 is 0. The van der Waals surface area contributed by atoms with Crippen molar-refractivity contribution in [2.24, 2.45) is 5.73 Å². The molecule has 0 spiro atoms. The second-order valence-electron chi connectivity index (χ2n) is 4.91. The number of nitrogens with one attached hydrogen (secondary N) is 1. The maximum Gasteiger partial charge on any atom is 0.127 e. The first-order valence-electron chi connectivity index (χ1n) is 6.96. The molecule has 0 fully saturated rings. The van der Waals surface area contributed by atoms with Gasteiger partial charge in [-0.2, -0.15) is 0 Å². The molecule has 1 aromatic rings. The minimum atomic E-state index is 0.351. The van der Waals surface area contributed by atoms with E-state index in [9.17, 15) is 0 Å². The first kappa shape index (κ1) is 14.2. The number of hydrogen-bond donors (Lipinski definition) is 2. The smallest absolute Gasteiger partial charge is 0.127 e. The van der Waals surface area contributed by atoms with Crippen molar-refractivity contribution < 1.29 is 9.47 Å². The standard InChI is InChI=1S/C15H24N2O2/c1-4-5-12-14-11(6-7-17-12)15(19-3)10(9-16)8-13(14)18-2/h8,12,17H,4-7,9,16H2,1-3H3. The highest BCUT2D eigenvalue weighted by molar-refractivity contribution is 5.56. The average molecular weight is 264 g/mol. The first-order valence-corrected chi connectivity index (χ1v) is 6.96. The zero-order valence-electron chi connectivity index (χ0n) is 12.1. The molecule has 0 bridgehead atoms. The Hall–Kier alpha value is -1.26. The molecule has 0 saturated carbocycles. The molecule has 4 heteroatoms. The van der Waals surface area contributed by atoms with Gasteiger partial charge >= 0.3 is 0 Å². The van der Waals surface area contributed by atoms with Gasteiger partial charge in [0.2, 0.25) is 0 Å². The summed E-state index contributed by atoms with van der Waals surface area (Å²) in [6, 6.07) is 2.37. The minimum absolute atomic E-state index is 0.351. The molecule has 1 aliphatic heterocycles. The lowest BCUT2D eigenvalue weighted by molar-refractivity contribution is 0.367. The van der Waals surface area contributed by atoms with Gasteiger partial charge in [0.05, 0.1) is 14.2 Å². The predicted molar refractivity (Wildman–Crippen MR) is 76.8 cm³/mol. The molecular formula is C15H24N2O2. The Morgan fingerprint density at radius 3 is 2.74 bits per heavy atom. The topological polar surface area (TPSA) is 56.5 Å². The van der Waals surface area contributed by atoms with E-state index in [1.807, 2.05) is 6.07 Å². The second-order valence-corrected chi connectivity index (χ2v) is 4.91. The number of rotatable bonds is 5. The lowest BCUT2D eigenvalue weighted by atomic mass is 9.88. The van der Waals surface area contributed by atoms with Crippen LogP contribution in [0.25, 0.3) is 0 Å². The molecule has 0 aromatic heterocycles. The van der Waals surface area contributed by atoms with Crippen LogP contribution in [0.2, 0.25) is 0 Å². The molecule has 0 radical (unpaired) electrons. The maximum absolute atomic E-state index is 5.83. The lowest BCUT2D eigenvalue weighted by Crippen LogP contribution is -2.31. The van der Waals surface area contributed by atoms with Crippen LogP contribution in [0.15, 0.2) is 6.07 Å². The van der Waals surface area contributed by atoms with E-state index in [1.165, 1.54) is 11.1 Å². The third-order valence-corrected chi connectivity index (χ3v) is 3.80. The molecular weight excluding hydrogens is 240 g/mol. The Kier molecular flexibility index (Phi) is 4.66. The predicted octanol–water partition coefficient (Wildman–Crippen LogP) is 2.15. The Balaban J connectivity index is 2.58. The van der Waals surface area contributed by atoms with Crippen molar-refractivity contribution in [3.8, 4) is 11.5 Å². The number of fused-ring (bicyclic) bond motifs is 1. The Labute approximate surface area is 115 Å². The van der Waals surface area contributed by atoms with Crippen LogP contribution in [-0.4, -0.2) is 20.8 Å². The summed E-state index contributed by atoms with van der Waals surface area (Å²) in [6.45, 7) is 3.65. The van der Waals surface area contributed by atoms with E-state index in [0.29, 0.717) is 12.6 Å². The van der Waals surface area contributed by atoms with Crippen LogP contribution >= 0.6 is 0 Å². The number of nitrogens with two attached hydrogens (primary N) is 1. The summed E-state index contributed by atoms with van der Waals surface area (Å²) < 4.78 is 11.2. The van der Waals surface area contributed by atoms with Crippen LogP contribution in [-0.2, 0) is 13.0 Å². The molecule has 0 saturated heterocycles. The van der Waals surface area contributed by atoms with Crippen molar-refractivity contribution in [3.05, 3.63) is 22.8 Å². The highest BCUT2D eigenvalue weighted by Crippen LogP contribution is 2.41. The highest BCUT2D eigenvalue weighted by Gasteiger charge is 2.27. The van der Waals surface area contributed by atoms with E-state index in [4.69, 9.17) is 15.2 Å². The summed E-state index contributed by atoms with van der Waals surface area (Å²) in [5.74, 6) is 1.88. The zero-order chi connectivity index (χ0) is 13.8. The average Bonchev–Trinajstić information content (AvgIpc) is 2.45. The fraction of sp³-hybridized carbons (Fsp3) is 0.600. The maximum atomic E-state index is 5.83. The summed E-state index contributed by atoms with van der Waals surface area (Å²) in [5.41, 5.74) is 9.37. The van der Waals surface area contributed by atoms with Crippen LogP contribution in [0.3, 0.4) is 0 Å². The van der Waals surface area contributed by atoms with Crippen molar-refractivity contribution in [1.29, 1.82) is 0 Å². The zero-order valence-corrected chi connectivity index (χ0v) is 12.1. The van der Waals surface area contributed by atoms with Crippen molar-refractivity contribution in [3.63, 3.8) is 0 Å². The van der Waals surface area contributed by atoms with E-state index in [2.05, 4.69) is 12.2 Å². The molecule has 1 heterocycles. The van der Waals surface area contributed by atoms with E-state index in [1.54, 1.807) is 14.2 Å². The van der Waals surface area contributed by atoms with E-state index >= 15 is 0 Å². The van der Waals surface area contributed by atoms with Crippen molar-refractivity contribution in [1.82, 2.24) is 5.32 Å². The van der Waals surface area contributed by atoms with Gasteiger partial charge in [-0.3, -0.25) is 0 Å². The highest BCUT2D eigenvalue weighted by atomic mass is 16.5. The Morgan fingerprint density at radius 1 is 1.37 bits per heavy atom. The van der Waals surface area contributed by atoms with E-state index < -0.39 is 0 Å². The molecule has 3 N–H and O–H groups in total. The summed E-state index contributed by atoms with van der Waals surface area (Å²) in [4.78, 5) is 0. The molecule has 1 aromatic carbocycles. The summed E-state index contributed by atoms with van der Waals surface area (Å²) in [6.07, 6.45) is 3.21. The number of ether oxygens (including phenoxy) is 2. The Bertz CT molecular complexity index is 446. The quantitative estimate of drug-likeness (QED) is 0.855. The fourth-order valence-corrected chi connectivity index (χ4v) is 2.98. The molecule has 19 heavy (non-hydrogen) atoms. The van der Waals surface area contributed by atoms with Crippen LogP contribution in [0.4, 0.5) is 0 Å². The van der Waals surface area contributed by atoms with Crippen LogP contribution in [0.5, 0.6) is 11.5 Å². The number of benzene rings is 1. The first-order chi connectivity index (χ1) is 9.26. The minimum Gasteiger partial charge on any atom is -0.496 e. The van der Waals surface area contributed by atoms with Crippen LogP contribution in [0.1, 0.15) is 42.5 Å². The molecule has 0 aliphatic carbocycles. The van der Waals surface area contributed by atoms with Crippen LogP contribution < -0.4 is 20.5 Å². The fourth-order valence-electron chi connectivity index (χ4n) is 2.98. The number of methoxy groups -OCH3 is 2. The third-order valence-electron chi connectivity index (χ3n) is 3.80. The second kappa shape index (κ2) is 6.26. The monoisotopic (exact) mass is 264 g/mol. The largest absolute Gasteiger partial charge is 0.496 e. The van der Waals surface area contributed by atoms with E-state index in [0.717, 1.165) is 42.9 Å². The molecule has 0 amide bonds. The van der Waals surface area contributed by atoms with Gasteiger partial charge < -0.3 is 20.5 Å². The van der Waals surface area contributed by atoms with Gasteiger partial charge in [-0.25, -0.2) is 0 Å². The van der Waals surface area contributed by atoms with Gasteiger partial charge in [0.25, 0.3) is 0 Å². The molecule has 4 nitrogen and oxygen atoms in total. The van der Waals surface area contributed by atoms with Gasteiger partial charge in [-0.1, -0.05) is 13.3 Å². The van der Waals surface area contributed by atoms with E-state index in [-0.39, 0.29) is 0 Å². The van der Waals surface area contributed by atoms with Gasteiger partial charge in [-0.05, 0) is 25.5 Å². The van der Waals surface area contributed by atoms with Crippen molar-refractivity contribution in [2.75, 3.05) is 20.8 Å². The molecule has 1 atom stereocenters. The molecule has 1 aliphatic rings. The summed E-state index contributed by atoms with van der Waals surface area (Å²) in [7, 11) is 3.44. The van der Waals surface area contributed by atoms with Crippen molar-refractivity contribution >= 4 is 0 Å². The molecule has 1 unspecified atom stereocenters. The van der Waals surface area contributed by atoms with Crippen molar-refractivity contribution in [2.45, 2.75) is 38.8 Å². The number of hydrogen-bond acceptors (Lipinski definition) is 4. The normalized spacial score (nSPS) is 18.0. The van der Waals surface area contributed by atoms with Gasteiger partial charge in [0.1, 0.15) is 11.5 Å². The third kappa shape index (κ3) is 2.55. The Morgan fingerprint density at radius 2 is 2.16 bits per heavy atom. The summed E-state index contributed by atoms with van der Waals surface area (Å²) in [5, 5.41) is 3.57. The molecule has 106 valence electrons. The van der Waals surface area contributed by atoms with Gasteiger partial charge in [0, 0.05) is 29.3 Å². The molecule has 2 rings (SSSR count). The SMILES string of the molecule is CCCC1NCCc2c(OC)c(CN)cc(OC)c21. The van der Waals surface area contributed by atoms with Gasteiger partial charge in [-0.15, -0.1) is 0 Å². The van der Waals surface area contributed by atoms with Crippen LogP contribution in [0, 0.1) is 0 Å².